The van der Waals surface area contributed by atoms with Gasteiger partial charge in [-0.2, -0.15) is 0 Å². The van der Waals surface area contributed by atoms with Gasteiger partial charge in [0.15, 0.2) is 0 Å². The van der Waals surface area contributed by atoms with Crippen LogP contribution in [0.3, 0.4) is 0 Å². The first-order valence-corrected chi connectivity index (χ1v) is 21.3. The summed E-state index contributed by atoms with van der Waals surface area (Å²) in [4.78, 5) is 0. The van der Waals surface area contributed by atoms with E-state index in [2.05, 4.69) is 59.7 Å². The summed E-state index contributed by atoms with van der Waals surface area (Å²) in [5, 5.41) is 0. The van der Waals surface area contributed by atoms with Crippen LogP contribution in [0.4, 0.5) is 0 Å². The fourth-order valence-corrected chi connectivity index (χ4v) is 7.24. The van der Waals surface area contributed by atoms with Gasteiger partial charge in [-0.05, 0) is 70.0 Å². The fraction of sp³-hybridized carbons (Fsp3) is 0.864. The highest BCUT2D eigenvalue weighted by atomic mass is 16.7. The largest absolute Gasteiger partial charge is 0.494 e. The summed E-state index contributed by atoms with van der Waals surface area (Å²) < 4.78 is 13.0. The minimum absolute atomic E-state index is 0.258. The smallest absolute Gasteiger partial charge is 0.399 e. The molecule has 47 heavy (non-hydrogen) atoms. The maximum absolute atomic E-state index is 6.49. The molecule has 1 aliphatic heterocycles. The van der Waals surface area contributed by atoms with Crippen LogP contribution in [0.2, 0.25) is 0 Å². The lowest BCUT2D eigenvalue weighted by Crippen LogP contribution is -2.41. The van der Waals surface area contributed by atoms with E-state index in [9.17, 15) is 0 Å². The topological polar surface area (TPSA) is 18.5 Å². The number of hydrogen-bond acceptors (Lipinski definition) is 2. The third-order valence-corrected chi connectivity index (χ3v) is 11.2. The molecule has 0 radical (unpaired) electrons. The molecule has 0 aromatic heterocycles. The Hall–Kier alpha value is -0.795. The predicted octanol–water partition coefficient (Wildman–Crippen LogP) is 14.0. The molecule has 272 valence electrons. The molecule has 0 N–H and O–H groups in total. The molecule has 2 rings (SSSR count). The summed E-state index contributed by atoms with van der Waals surface area (Å²) in [5.74, 6) is 0. The van der Waals surface area contributed by atoms with E-state index >= 15 is 0 Å². The van der Waals surface area contributed by atoms with Crippen LogP contribution < -0.4 is 5.46 Å². The minimum Gasteiger partial charge on any atom is -0.399 e. The van der Waals surface area contributed by atoms with Crippen LogP contribution in [-0.2, 0) is 22.2 Å². The summed E-state index contributed by atoms with van der Waals surface area (Å²) in [7, 11) is -0.258. The van der Waals surface area contributed by atoms with Crippen molar-refractivity contribution in [2.24, 2.45) is 0 Å². The van der Waals surface area contributed by atoms with Gasteiger partial charge in [-0.25, -0.2) is 0 Å². The lowest BCUT2D eigenvalue weighted by atomic mass is 9.76. The minimum atomic E-state index is -0.295. The van der Waals surface area contributed by atoms with Gasteiger partial charge in [0, 0.05) is 0 Å². The summed E-state index contributed by atoms with van der Waals surface area (Å²) in [6.07, 6.45) is 41.9. The number of rotatable bonds is 31. The molecule has 1 fully saturated rings. The highest BCUT2D eigenvalue weighted by Gasteiger charge is 2.51. The average Bonchev–Trinajstić information content (AvgIpc) is 3.27. The van der Waals surface area contributed by atoms with Gasteiger partial charge in [-0.3, -0.25) is 0 Å². The number of unbranched alkanes of at least 4 members (excludes halogenated alkanes) is 26. The van der Waals surface area contributed by atoms with Crippen LogP contribution in [0.5, 0.6) is 0 Å². The second-order valence-corrected chi connectivity index (χ2v) is 16.4. The van der Waals surface area contributed by atoms with Crippen LogP contribution in [0.15, 0.2) is 18.2 Å². The van der Waals surface area contributed by atoms with Crippen molar-refractivity contribution in [3.63, 3.8) is 0 Å². The quantitative estimate of drug-likeness (QED) is 0.0587. The molecular formula is C44H81BO2. The summed E-state index contributed by atoms with van der Waals surface area (Å²) in [6, 6.07) is 7.28. The van der Waals surface area contributed by atoms with Gasteiger partial charge >= 0.3 is 7.12 Å². The van der Waals surface area contributed by atoms with E-state index in [1.807, 2.05) is 0 Å². The van der Waals surface area contributed by atoms with E-state index in [1.165, 1.54) is 209 Å². The van der Waals surface area contributed by atoms with E-state index < -0.39 is 0 Å². The van der Waals surface area contributed by atoms with Crippen molar-refractivity contribution < 1.29 is 9.31 Å². The molecule has 2 nitrogen and oxygen atoms in total. The fourth-order valence-electron chi connectivity index (χ4n) is 7.24. The number of aryl methyl sites for hydroxylation is 2. The molecule has 1 aromatic carbocycles. The average molecular weight is 653 g/mol. The van der Waals surface area contributed by atoms with Crippen molar-refractivity contribution in [2.45, 2.75) is 245 Å². The zero-order valence-electron chi connectivity index (χ0n) is 32.8. The molecular weight excluding hydrogens is 571 g/mol. The summed E-state index contributed by atoms with van der Waals surface area (Å²) >= 11 is 0. The Balaban J connectivity index is 1.67. The van der Waals surface area contributed by atoms with Crippen molar-refractivity contribution in [3.8, 4) is 0 Å². The summed E-state index contributed by atoms with van der Waals surface area (Å²) in [6.45, 7) is 13.3. The van der Waals surface area contributed by atoms with E-state index in [0.29, 0.717) is 0 Å². The Bertz CT molecular complexity index is 811. The van der Waals surface area contributed by atoms with Gasteiger partial charge in [0.05, 0.1) is 11.2 Å². The number of hydrogen-bond donors (Lipinski definition) is 0. The molecule has 0 saturated carbocycles. The lowest BCUT2D eigenvalue weighted by Gasteiger charge is -2.32. The molecule has 3 heteroatoms. The Morgan fingerprint density at radius 1 is 0.383 bits per heavy atom. The highest BCUT2D eigenvalue weighted by Crippen LogP contribution is 2.36. The molecule has 0 spiro atoms. The third kappa shape index (κ3) is 19.3. The first kappa shape index (κ1) is 42.4. The molecule has 0 unspecified atom stereocenters. The van der Waals surface area contributed by atoms with Crippen LogP contribution in [0.25, 0.3) is 0 Å². The number of benzene rings is 1. The van der Waals surface area contributed by atoms with Crippen LogP contribution in [-0.4, -0.2) is 18.3 Å². The van der Waals surface area contributed by atoms with Crippen molar-refractivity contribution in [1.82, 2.24) is 0 Å². The van der Waals surface area contributed by atoms with E-state index in [4.69, 9.17) is 9.31 Å². The summed E-state index contributed by atoms with van der Waals surface area (Å²) in [5.41, 5.74) is 3.61. The second-order valence-electron chi connectivity index (χ2n) is 16.4. The first-order valence-electron chi connectivity index (χ1n) is 21.3. The SMILES string of the molecule is CCCCCCCCCCCCCCCCc1cc(CCCCCCCCCCCCCCCC)cc(B2OC(C)(C)C(C)(C)O2)c1. The van der Waals surface area contributed by atoms with Crippen molar-refractivity contribution in [3.05, 3.63) is 29.3 Å². The van der Waals surface area contributed by atoms with Gasteiger partial charge < -0.3 is 9.31 Å². The second kappa shape index (κ2) is 26.1. The molecule has 1 aromatic rings. The Morgan fingerprint density at radius 3 is 0.915 bits per heavy atom. The molecule has 0 bridgehead atoms. The van der Waals surface area contributed by atoms with E-state index in [1.54, 1.807) is 0 Å². The maximum Gasteiger partial charge on any atom is 0.494 e. The Kier molecular flexibility index (Phi) is 23.5. The lowest BCUT2D eigenvalue weighted by molar-refractivity contribution is 0.00578. The van der Waals surface area contributed by atoms with Gasteiger partial charge in [-0.15, -0.1) is 0 Å². The molecule has 0 atom stereocenters. The van der Waals surface area contributed by atoms with Crippen LogP contribution in [0.1, 0.15) is 232 Å². The zero-order valence-corrected chi connectivity index (χ0v) is 32.8. The van der Waals surface area contributed by atoms with Gasteiger partial charge in [0.1, 0.15) is 0 Å². The van der Waals surface area contributed by atoms with E-state index in [0.717, 1.165) is 0 Å². The predicted molar refractivity (Wildman–Crippen MR) is 210 cm³/mol. The molecule has 0 aliphatic carbocycles. The normalized spacial score (nSPS) is 15.6. The van der Waals surface area contributed by atoms with Crippen LogP contribution in [0, 0.1) is 0 Å². The van der Waals surface area contributed by atoms with Gasteiger partial charge in [-0.1, -0.05) is 199 Å². The van der Waals surface area contributed by atoms with Gasteiger partial charge in [0.2, 0.25) is 0 Å². The molecule has 1 saturated heterocycles. The zero-order chi connectivity index (χ0) is 34.1. The van der Waals surface area contributed by atoms with Crippen molar-refractivity contribution in [1.29, 1.82) is 0 Å². The standard InChI is InChI=1S/C44H81BO2/c1-7-9-11-13-15-17-19-21-23-25-27-29-31-33-35-40-37-41(39-42(38-40)45-46-43(3,4)44(5,6)47-45)36-34-32-30-28-26-24-22-20-18-16-14-12-10-8-2/h37-39H,7-36H2,1-6H3. The maximum atomic E-state index is 6.49. The van der Waals surface area contributed by atoms with E-state index in [-0.39, 0.29) is 18.3 Å². The first-order chi connectivity index (χ1) is 22.8. The Labute approximate surface area is 295 Å². The van der Waals surface area contributed by atoms with Crippen molar-refractivity contribution in [2.75, 3.05) is 0 Å². The molecule has 0 amide bonds. The van der Waals surface area contributed by atoms with Gasteiger partial charge in [0.25, 0.3) is 0 Å². The van der Waals surface area contributed by atoms with Crippen molar-refractivity contribution >= 4 is 12.6 Å². The monoisotopic (exact) mass is 653 g/mol. The Morgan fingerprint density at radius 2 is 0.638 bits per heavy atom. The highest BCUT2D eigenvalue weighted by molar-refractivity contribution is 6.62. The third-order valence-electron chi connectivity index (χ3n) is 11.2. The molecule has 1 aliphatic rings. The molecule has 1 heterocycles. The van der Waals surface area contributed by atoms with Crippen LogP contribution >= 0.6 is 0 Å².